The van der Waals surface area contributed by atoms with Crippen LogP contribution >= 0.6 is 11.6 Å². The molecule has 4 aromatic rings. The monoisotopic (exact) mass is 712 g/mol. The Balaban J connectivity index is 1.31. The summed E-state index contributed by atoms with van der Waals surface area (Å²) >= 11 is 6.02. The minimum Gasteiger partial charge on any atom is -0.491 e. The molecule has 5 rings (SSSR count). The van der Waals surface area contributed by atoms with Crippen molar-refractivity contribution >= 4 is 29.3 Å². The van der Waals surface area contributed by atoms with Crippen LogP contribution in [0.1, 0.15) is 48.7 Å². The molecule has 3 amide bonds. The average Bonchev–Trinajstić information content (AvgIpc) is 3.11. The van der Waals surface area contributed by atoms with Gasteiger partial charge in [0.25, 0.3) is 5.91 Å². The highest BCUT2D eigenvalue weighted by Gasteiger charge is 2.29. The number of likely N-dealkylation sites (N-methyl/N-ethyl adjacent to an activating group) is 1. The van der Waals surface area contributed by atoms with Crippen LogP contribution < -0.4 is 30.2 Å². The van der Waals surface area contributed by atoms with Gasteiger partial charge in [0.1, 0.15) is 24.7 Å². The summed E-state index contributed by atoms with van der Waals surface area (Å²) in [6, 6.07) is 27.6. The smallest absolute Gasteiger partial charge is 0.255 e. The fourth-order valence-electron chi connectivity index (χ4n) is 5.64. The summed E-state index contributed by atoms with van der Waals surface area (Å²) in [7, 11) is 1.82. The van der Waals surface area contributed by atoms with Gasteiger partial charge in [-0.2, -0.15) is 0 Å². The van der Waals surface area contributed by atoms with Crippen molar-refractivity contribution in [2.75, 3.05) is 20.3 Å². The number of nitrogens with one attached hydrogen (secondary N) is 3. The molecule has 0 spiro atoms. The standard InChI is InChI=1S/C40H45ClN4O6/c1-26(2)33-25-50-35-13-6-5-12-32(35)39(47)42-22-28-10-9-11-29(20-28)23-45(4)34(21-38(46)44-33)40(48)43-27(3)24-49-36-14-7-8-15-37(36)51-31-18-16-30(41)17-19-31/h5-20,26-27,33-34H,21-25H2,1-4H3,(H,42,47)(H,43,48)(H,44,46)/t27-,33-,34+/m1/s1. The van der Waals surface area contributed by atoms with E-state index in [1.165, 1.54) is 0 Å². The Bertz CT molecular complexity index is 1800. The summed E-state index contributed by atoms with van der Waals surface area (Å²) in [6.45, 7) is 6.84. The number of nitrogens with zero attached hydrogens (tertiary/aromatic N) is 1. The molecule has 3 N–H and O–H groups in total. The highest BCUT2D eigenvalue weighted by atomic mass is 35.5. The summed E-state index contributed by atoms with van der Waals surface area (Å²) in [4.78, 5) is 42.5. The predicted molar refractivity (Wildman–Crippen MR) is 197 cm³/mol. The maximum atomic E-state index is 13.9. The number of hydrogen-bond donors (Lipinski definition) is 3. The Morgan fingerprint density at radius 2 is 1.65 bits per heavy atom. The van der Waals surface area contributed by atoms with Crippen LogP contribution in [0.15, 0.2) is 97.1 Å². The highest BCUT2D eigenvalue weighted by Crippen LogP contribution is 2.32. The van der Waals surface area contributed by atoms with E-state index in [2.05, 4.69) is 16.0 Å². The molecule has 1 aliphatic rings. The van der Waals surface area contributed by atoms with Crippen molar-refractivity contribution in [1.29, 1.82) is 0 Å². The second-order valence-corrected chi connectivity index (χ2v) is 13.5. The van der Waals surface area contributed by atoms with Crippen molar-refractivity contribution in [2.24, 2.45) is 5.92 Å². The van der Waals surface area contributed by atoms with Crippen molar-refractivity contribution in [3.8, 4) is 23.0 Å². The first kappa shape index (κ1) is 37.2. The van der Waals surface area contributed by atoms with Gasteiger partial charge in [-0.05, 0) is 79.5 Å². The molecule has 1 heterocycles. The molecule has 10 nitrogen and oxygen atoms in total. The van der Waals surface area contributed by atoms with E-state index < -0.39 is 12.1 Å². The van der Waals surface area contributed by atoms with Crippen molar-refractivity contribution in [3.05, 3.63) is 119 Å². The van der Waals surface area contributed by atoms with Crippen LogP contribution in [0.2, 0.25) is 5.02 Å². The number of fused-ring (bicyclic) bond motifs is 3. The van der Waals surface area contributed by atoms with E-state index in [1.807, 2.05) is 69.1 Å². The molecule has 51 heavy (non-hydrogen) atoms. The summed E-state index contributed by atoms with van der Waals surface area (Å²) in [5.41, 5.74) is 2.25. The Hall–Kier alpha value is -5.06. The first-order valence-electron chi connectivity index (χ1n) is 17.1. The van der Waals surface area contributed by atoms with E-state index in [1.54, 1.807) is 60.7 Å². The SMILES string of the molecule is CC(C)[C@H]1COc2ccccc2C(=O)NCc2cccc(c2)CN(C)[C@H](C(=O)N[C@H](C)COc2ccccc2Oc2ccc(Cl)cc2)CC(=O)N1. The van der Waals surface area contributed by atoms with Gasteiger partial charge in [-0.25, -0.2) is 0 Å². The second kappa shape index (κ2) is 17.7. The molecule has 3 atom stereocenters. The number of amides is 3. The lowest BCUT2D eigenvalue weighted by molar-refractivity contribution is -0.132. The van der Waals surface area contributed by atoms with Crippen LogP contribution in [0.3, 0.4) is 0 Å². The van der Waals surface area contributed by atoms with Crippen LogP contribution in [-0.2, 0) is 22.7 Å². The Kier molecular flexibility index (Phi) is 12.9. The summed E-state index contributed by atoms with van der Waals surface area (Å²) < 4.78 is 18.2. The van der Waals surface area contributed by atoms with Gasteiger partial charge >= 0.3 is 0 Å². The lowest BCUT2D eigenvalue weighted by Crippen LogP contribution is -2.52. The first-order chi connectivity index (χ1) is 24.5. The number of benzene rings is 4. The third kappa shape index (κ3) is 10.7. The van der Waals surface area contributed by atoms with Crippen molar-refractivity contribution in [3.63, 3.8) is 0 Å². The van der Waals surface area contributed by atoms with Crippen molar-refractivity contribution in [2.45, 2.75) is 58.4 Å². The Morgan fingerprint density at radius 1 is 0.941 bits per heavy atom. The topological polar surface area (TPSA) is 118 Å². The lowest BCUT2D eigenvalue weighted by Gasteiger charge is -2.30. The largest absolute Gasteiger partial charge is 0.491 e. The molecule has 0 saturated heterocycles. The quantitative estimate of drug-likeness (QED) is 0.194. The minimum atomic E-state index is -0.790. The van der Waals surface area contributed by atoms with Crippen molar-refractivity contribution < 1.29 is 28.6 Å². The van der Waals surface area contributed by atoms with Crippen LogP contribution in [0.25, 0.3) is 0 Å². The average molecular weight is 713 g/mol. The van der Waals surface area contributed by atoms with Gasteiger partial charge in [0.2, 0.25) is 11.8 Å². The summed E-state index contributed by atoms with van der Waals surface area (Å²) in [5, 5.41) is 9.73. The van der Waals surface area contributed by atoms with E-state index >= 15 is 0 Å². The molecule has 0 aliphatic carbocycles. The molecular formula is C40H45ClN4O6. The number of halogens is 1. The number of carbonyl (C=O) groups is 3. The number of hydrogen-bond acceptors (Lipinski definition) is 7. The maximum absolute atomic E-state index is 13.9. The van der Waals surface area contributed by atoms with Gasteiger partial charge in [-0.1, -0.05) is 74.0 Å². The molecule has 0 unspecified atom stereocenters. The normalized spacial score (nSPS) is 17.9. The van der Waals surface area contributed by atoms with Gasteiger partial charge in [0, 0.05) is 18.1 Å². The van der Waals surface area contributed by atoms with Crippen molar-refractivity contribution in [1.82, 2.24) is 20.9 Å². The summed E-state index contributed by atoms with van der Waals surface area (Å²) in [6.07, 6.45) is -0.0762. The van der Waals surface area contributed by atoms with Gasteiger partial charge in [-0.3, -0.25) is 19.3 Å². The third-order valence-electron chi connectivity index (χ3n) is 8.56. The molecule has 11 heteroatoms. The van der Waals surface area contributed by atoms with Crippen LogP contribution in [0.5, 0.6) is 23.0 Å². The molecule has 0 saturated carbocycles. The molecule has 268 valence electrons. The zero-order valence-electron chi connectivity index (χ0n) is 29.4. The van der Waals surface area contributed by atoms with Crippen LogP contribution in [0.4, 0.5) is 0 Å². The molecule has 1 aliphatic heterocycles. The van der Waals surface area contributed by atoms with E-state index in [4.69, 9.17) is 25.8 Å². The fraction of sp³-hybridized carbons (Fsp3) is 0.325. The van der Waals surface area contributed by atoms with Gasteiger partial charge in [0.05, 0.1) is 30.1 Å². The zero-order chi connectivity index (χ0) is 36.3. The predicted octanol–water partition coefficient (Wildman–Crippen LogP) is 6.37. The first-order valence-corrected chi connectivity index (χ1v) is 17.5. The summed E-state index contributed by atoms with van der Waals surface area (Å²) in [5.74, 6) is 1.26. The van der Waals surface area contributed by atoms with E-state index in [0.29, 0.717) is 46.7 Å². The maximum Gasteiger partial charge on any atom is 0.255 e. The number of carbonyl (C=O) groups excluding carboxylic acids is 3. The van der Waals surface area contributed by atoms with Gasteiger partial charge in [0.15, 0.2) is 11.5 Å². The van der Waals surface area contributed by atoms with Gasteiger partial charge < -0.3 is 30.2 Å². The highest BCUT2D eigenvalue weighted by molar-refractivity contribution is 6.30. The zero-order valence-corrected chi connectivity index (χ0v) is 30.1. The second-order valence-electron chi connectivity index (χ2n) is 13.1. The molecular weight excluding hydrogens is 668 g/mol. The minimum absolute atomic E-state index is 0.0206. The molecule has 4 aromatic carbocycles. The van der Waals surface area contributed by atoms with Crippen LogP contribution in [0, 0.1) is 5.92 Å². The lowest BCUT2D eigenvalue weighted by atomic mass is 10.0. The van der Waals surface area contributed by atoms with Gasteiger partial charge in [-0.15, -0.1) is 0 Å². The third-order valence-corrected chi connectivity index (χ3v) is 8.81. The Labute approximate surface area is 304 Å². The fourth-order valence-corrected chi connectivity index (χ4v) is 5.77. The number of rotatable bonds is 8. The van der Waals surface area contributed by atoms with E-state index in [-0.39, 0.29) is 49.3 Å². The molecule has 0 aromatic heterocycles. The molecule has 2 bridgehead atoms. The number of para-hydroxylation sites is 3. The number of ether oxygens (including phenoxy) is 3. The van der Waals surface area contributed by atoms with E-state index in [0.717, 1.165) is 11.1 Å². The molecule has 0 fully saturated rings. The Morgan fingerprint density at radius 3 is 2.41 bits per heavy atom. The van der Waals surface area contributed by atoms with E-state index in [9.17, 15) is 14.4 Å². The molecule has 0 radical (unpaired) electrons. The van der Waals surface area contributed by atoms with Crippen LogP contribution in [-0.4, -0.2) is 61.0 Å².